The largest absolute Gasteiger partial charge is 0.347 e. The minimum Gasteiger partial charge on any atom is -0.347 e. The molecule has 0 saturated carbocycles. The van der Waals surface area contributed by atoms with Crippen molar-refractivity contribution in [1.29, 1.82) is 0 Å². The molecule has 2 N–H and O–H groups in total. The number of aryl methyl sites for hydroxylation is 1. The van der Waals surface area contributed by atoms with Gasteiger partial charge in [-0.1, -0.05) is 0 Å². The number of hydrogen-bond donors (Lipinski definition) is 2. The maximum Gasteiger partial charge on any atom is 0.244 e. The van der Waals surface area contributed by atoms with Gasteiger partial charge in [-0.05, 0) is 30.0 Å². The number of imidazole rings is 1. The quantitative estimate of drug-likeness (QED) is 0.813. The Balaban J connectivity index is 1.85. The summed E-state index contributed by atoms with van der Waals surface area (Å²) < 4.78 is 0. The lowest BCUT2D eigenvalue weighted by atomic mass is 10.3. The van der Waals surface area contributed by atoms with Crippen LogP contribution in [0.15, 0.2) is 30.0 Å². The molecular weight excluding hydrogens is 234 g/mol. The number of carbonyl (C=O) groups is 1. The van der Waals surface area contributed by atoms with E-state index in [1.165, 1.54) is 5.56 Å². The van der Waals surface area contributed by atoms with Gasteiger partial charge in [0.25, 0.3) is 0 Å². The molecule has 0 spiro atoms. The third kappa shape index (κ3) is 3.29. The summed E-state index contributed by atoms with van der Waals surface area (Å²) in [6, 6.07) is 2.03. The van der Waals surface area contributed by atoms with Gasteiger partial charge in [0.2, 0.25) is 5.91 Å². The van der Waals surface area contributed by atoms with Gasteiger partial charge in [-0.25, -0.2) is 4.98 Å². The van der Waals surface area contributed by atoms with E-state index >= 15 is 0 Å². The standard InChI is InChI=1S/C12H13N3OS/c1-9-4-5-17-11(9)2-3-12(16)14-7-10-6-13-8-15-10/h2-6,8H,7H2,1H3,(H,13,15)(H,14,16). The average molecular weight is 247 g/mol. The Morgan fingerprint density at radius 1 is 1.65 bits per heavy atom. The van der Waals surface area contributed by atoms with Crippen LogP contribution in [0.4, 0.5) is 0 Å². The molecule has 2 rings (SSSR count). The Labute approximate surface area is 103 Å². The molecule has 1 amide bonds. The molecule has 2 aromatic heterocycles. The molecule has 0 unspecified atom stereocenters. The zero-order valence-electron chi connectivity index (χ0n) is 9.43. The van der Waals surface area contributed by atoms with Gasteiger partial charge in [-0.3, -0.25) is 4.79 Å². The Morgan fingerprint density at radius 2 is 2.53 bits per heavy atom. The maximum atomic E-state index is 11.5. The SMILES string of the molecule is Cc1ccsc1C=CC(=O)NCc1cnc[nH]1. The van der Waals surface area contributed by atoms with Crippen LogP contribution < -0.4 is 5.32 Å². The van der Waals surface area contributed by atoms with Crippen molar-refractivity contribution in [1.82, 2.24) is 15.3 Å². The van der Waals surface area contributed by atoms with Crippen LogP contribution in [0.5, 0.6) is 0 Å². The molecule has 0 aliphatic rings. The van der Waals surface area contributed by atoms with Gasteiger partial charge in [0.05, 0.1) is 18.6 Å². The third-order valence-corrected chi connectivity index (χ3v) is 3.28. The topological polar surface area (TPSA) is 57.8 Å². The number of rotatable bonds is 4. The molecule has 0 aliphatic carbocycles. The molecule has 2 heterocycles. The van der Waals surface area contributed by atoms with Crippen molar-refractivity contribution in [2.45, 2.75) is 13.5 Å². The summed E-state index contributed by atoms with van der Waals surface area (Å²) in [7, 11) is 0. The number of thiophene rings is 1. The minimum atomic E-state index is -0.104. The fourth-order valence-corrected chi connectivity index (χ4v) is 2.15. The van der Waals surface area contributed by atoms with Crippen molar-refractivity contribution in [3.8, 4) is 0 Å². The normalized spacial score (nSPS) is 10.9. The van der Waals surface area contributed by atoms with Crippen molar-refractivity contribution in [3.05, 3.63) is 46.2 Å². The second-order valence-electron chi connectivity index (χ2n) is 3.60. The van der Waals surface area contributed by atoms with E-state index in [-0.39, 0.29) is 5.91 Å². The monoisotopic (exact) mass is 247 g/mol. The highest BCUT2D eigenvalue weighted by molar-refractivity contribution is 7.11. The minimum absolute atomic E-state index is 0.104. The van der Waals surface area contributed by atoms with Gasteiger partial charge in [0, 0.05) is 17.2 Å². The van der Waals surface area contributed by atoms with Crippen LogP contribution in [-0.4, -0.2) is 15.9 Å². The fraction of sp³-hybridized carbons (Fsp3) is 0.167. The predicted octanol–water partition coefficient (Wildman–Crippen LogP) is 2.11. The molecule has 0 aromatic carbocycles. The van der Waals surface area contributed by atoms with Crippen LogP contribution in [0.3, 0.4) is 0 Å². The summed E-state index contributed by atoms with van der Waals surface area (Å²) in [4.78, 5) is 19.4. The molecule has 0 saturated heterocycles. The summed E-state index contributed by atoms with van der Waals surface area (Å²) in [5, 5.41) is 4.79. The van der Waals surface area contributed by atoms with E-state index in [0.29, 0.717) is 6.54 Å². The number of aromatic nitrogens is 2. The number of nitrogens with one attached hydrogen (secondary N) is 2. The van der Waals surface area contributed by atoms with E-state index in [0.717, 1.165) is 10.6 Å². The van der Waals surface area contributed by atoms with Gasteiger partial charge in [0.1, 0.15) is 0 Å². The van der Waals surface area contributed by atoms with Crippen LogP contribution in [0.1, 0.15) is 16.1 Å². The lowest BCUT2D eigenvalue weighted by Crippen LogP contribution is -2.20. The lowest BCUT2D eigenvalue weighted by Gasteiger charge is -1.98. The highest BCUT2D eigenvalue weighted by Crippen LogP contribution is 2.16. The number of hydrogen-bond acceptors (Lipinski definition) is 3. The first-order valence-electron chi connectivity index (χ1n) is 5.23. The van der Waals surface area contributed by atoms with E-state index in [4.69, 9.17) is 0 Å². The highest BCUT2D eigenvalue weighted by atomic mass is 32.1. The summed E-state index contributed by atoms with van der Waals surface area (Å²) in [6.07, 6.45) is 6.66. The number of H-pyrrole nitrogens is 1. The molecule has 5 heteroatoms. The van der Waals surface area contributed by atoms with Gasteiger partial charge in [-0.15, -0.1) is 11.3 Å². The van der Waals surface area contributed by atoms with Crippen LogP contribution in [0, 0.1) is 6.92 Å². The number of nitrogens with zero attached hydrogens (tertiary/aromatic N) is 1. The smallest absolute Gasteiger partial charge is 0.244 e. The van der Waals surface area contributed by atoms with Crippen LogP contribution in [0.25, 0.3) is 6.08 Å². The van der Waals surface area contributed by atoms with Crippen molar-refractivity contribution in [3.63, 3.8) is 0 Å². The Morgan fingerprint density at radius 3 is 3.18 bits per heavy atom. The molecule has 0 radical (unpaired) electrons. The Kier molecular flexibility index (Phi) is 3.72. The second kappa shape index (κ2) is 5.45. The molecule has 17 heavy (non-hydrogen) atoms. The van der Waals surface area contributed by atoms with Crippen molar-refractivity contribution in [2.24, 2.45) is 0 Å². The van der Waals surface area contributed by atoms with Crippen molar-refractivity contribution in [2.75, 3.05) is 0 Å². The molecule has 0 atom stereocenters. The molecule has 0 fully saturated rings. The Bertz CT molecular complexity index is 514. The summed E-state index contributed by atoms with van der Waals surface area (Å²) in [6.45, 7) is 2.49. The maximum absolute atomic E-state index is 11.5. The molecule has 2 aromatic rings. The van der Waals surface area contributed by atoms with Crippen LogP contribution in [0.2, 0.25) is 0 Å². The molecule has 0 aliphatic heterocycles. The molecule has 0 bridgehead atoms. The third-order valence-electron chi connectivity index (χ3n) is 2.30. The zero-order chi connectivity index (χ0) is 12.1. The van der Waals surface area contributed by atoms with E-state index in [9.17, 15) is 4.79 Å². The summed E-state index contributed by atoms with van der Waals surface area (Å²) in [5.74, 6) is -0.104. The van der Waals surface area contributed by atoms with Crippen molar-refractivity contribution < 1.29 is 4.79 Å². The summed E-state index contributed by atoms with van der Waals surface area (Å²) in [5.41, 5.74) is 2.08. The van der Waals surface area contributed by atoms with E-state index in [1.807, 2.05) is 24.4 Å². The van der Waals surface area contributed by atoms with Gasteiger partial charge in [-0.2, -0.15) is 0 Å². The summed E-state index contributed by atoms with van der Waals surface area (Å²) >= 11 is 1.62. The molecule has 4 nitrogen and oxygen atoms in total. The molecular formula is C12H13N3OS. The van der Waals surface area contributed by atoms with Crippen LogP contribution >= 0.6 is 11.3 Å². The van der Waals surface area contributed by atoms with Gasteiger partial charge >= 0.3 is 0 Å². The van der Waals surface area contributed by atoms with E-state index in [1.54, 1.807) is 29.9 Å². The number of aromatic amines is 1. The number of carbonyl (C=O) groups excluding carboxylic acids is 1. The second-order valence-corrected chi connectivity index (χ2v) is 4.54. The first kappa shape index (κ1) is 11.6. The van der Waals surface area contributed by atoms with Crippen molar-refractivity contribution >= 4 is 23.3 Å². The fourth-order valence-electron chi connectivity index (χ4n) is 1.33. The number of amides is 1. The van der Waals surface area contributed by atoms with E-state index in [2.05, 4.69) is 15.3 Å². The predicted molar refractivity (Wildman–Crippen MR) is 68.5 cm³/mol. The molecule has 88 valence electrons. The van der Waals surface area contributed by atoms with Gasteiger partial charge < -0.3 is 10.3 Å². The average Bonchev–Trinajstić information content (AvgIpc) is 2.95. The van der Waals surface area contributed by atoms with Gasteiger partial charge in [0.15, 0.2) is 0 Å². The Hall–Kier alpha value is -1.88. The lowest BCUT2D eigenvalue weighted by molar-refractivity contribution is -0.116. The zero-order valence-corrected chi connectivity index (χ0v) is 10.3. The first-order valence-corrected chi connectivity index (χ1v) is 6.11. The van der Waals surface area contributed by atoms with Crippen LogP contribution in [-0.2, 0) is 11.3 Å². The highest BCUT2D eigenvalue weighted by Gasteiger charge is 1.99. The first-order chi connectivity index (χ1) is 8.25. The van der Waals surface area contributed by atoms with E-state index < -0.39 is 0 Å².